The van der Waals surface area contributed by atoms with Gasteiger partial charge in [0.2, 0.25) is 0 Å². The second-order valence-electron chi connectivity index (χ2n) is 5.44. The van der Waals surface area contributed by atoms with Gasteiger partial charge in [-0.15, -0.1) is 6.58 Å². The van der Waals surface area contributed by atoms with Gasteiger partial charge in [0.05, 0.1) is 0 Å². The van der Waals surface area contributed by atoms with Crippen LogP contribution in [0.2, 0.25) is 0 Å². The Morgan fingerprint density at radius 2 is 2.17 bits per heavy atom. The van der Waals surface area contributed by atoms with E-state index >= 15 is 0 Å². The molecular formula is C16H24N2. The van der Waals surface area contributed by atoms with Crippen LogP contribution in [0.4, 0.5) is 0 Å². The quantitative estimate of drug-likeness (QED) is 0.819. The Labute approximate surface area is 111 Å². The molecule has 2 atom stereocenters. The highest BCUT2D eigenvalue weighted by atomic mass is 15.2. The van der Waals surface area contributed by atoms with Crippen molar-refractivity contribution in [3.8, 4) is 0 Å². The molecule has 2 unspecified atom stereocenters. The molecule has 1 aromatic rings. The van der Waals surface area contributed by atoms with Crippen molar-refractivity contribution in [3.05, 3.63) is 48.6 Å². The third-order valence-corrected chi connectivity index (χ3v) is 4.04. The molecular weight excluding hydrogens is 220 g/mol. The lowest BCUT2D eigenvalue weighted by Gasteiger charge is -2.46. The second kappa shape index (κ2) is 5.68. The van der Waals surface area contributed by atoms with Gasteiger partial charge >= 0.3 is 0 Å². The first-order valence-corrected chi connectivity index (χ1v) is 6.83. The molecule has 18 heavy (non-hydrogen) atoms. The van der Waals surface area contributed by atoms with Gasteiger partial charge in [0.1, 0.15) is 0 Å². The maximum absolute atomic E-state index is 3.89. The number of piperazine rings is 1. The first-order valence-electron chi connectivity index (χ1n) is 6.83. The molecule has 2 nitrogen and oxygen atoms in total. The van der Waals surface area contributed by atoms with Crippen molar-refractivity contribution in [3.63, 3.8) is 0 Å². The number of nitrogens with zero attached hydrogens (tertiary/aromatic N) is 1. The summed E-state index contributed by atoms with van der Waals surface area (Å²) in [5, 5.41) is 3.71. The highest BCUT2D eigenvalue weighted by molar-refractivity contribution is 5.21. The van der Waals surface area contributed by atoms with Crippen molar-refractivity contribution >= 4 is 0 Å². The summed E-state index contributed by atoms with van der Waals surface area (Å²) in [6.07, 6.45) is 3.17. The normalized spacial score (nSPS) is 29.1. The van der Waals surface area contributed by atoms with E-state index in [2.05, 4.69) is 61.0 Å². The van der Waals surface area contributed by atoms with E-state index in [4.69, 9.17) is 0 Å². The predicted octanol–water partition coefficient (Wildman–Crippen LogP) is 2.99. The number of benzene rings is 1. The molecule has 0 bridgehead atoms. The molecule has 0 amide bonds. The summed E-state index contributed by atoms with van der Waals surface area (Å²) in [6.45, 7) is 11.5. The molecule has 0 radical (unpaired) electrons. The number of rotatable bonds is 4. The van der Waals surface area contributed by atoms with Crippen molar-refractivity contribution in [2.45, 2.75) is 31.8 Å². The van der Waals surface area contributed by atoms with Crippen LogP contribution in [0.25, 0.3) is 0 Å². The summed E-state index contributed by atoms with van der Waals surface area (Å²) < 4.78 is 0. The van der Waals surface area contributed by atoms with E-state index in [1.165, 1.54) is 5.56 Å². The van der Waals surface area contributed by atoms with Gasteiger partial charge < -0.3 is 5.32 Å². The summed E-state index contributed by atoms with van der Waals surface area (Å²) in [4.78, 5) is 2.53. The molecule has 2 heteroatoms. The maximum atomic E-state index is 3.89. The minimum absolute atomic E-state index is 0.230. The van der Waals surface area contributed by atoms with E-state index in [1.54, 1.807) is 0 Å². The Morgan fingerprint density at radius 1 is 1.44 bits per heavy atom. The van der Waals surface area contributed by atoms with Gasteiger partial charge in [-0.2, -0.15) is 0 Å². The highest BCUT2D eigenvalue weighted by Crippen LogP contribution is 2.28. The van der Waals surface area contributed by atoms with Crippen LogP contribution in [0.15, 0.2) is 43.0 Å². The van der Waals surface area contributed by atoms with Gasteiger partial charge in [0.25, 0.3) is 0 Å². The van der Waals surface area contributed by atoms with Gasteiger partial charge in [-0.1, -0.05) is 43.3 Å². The standard InChI is InChI=1S/C16H24N2/c1-4-11-18-13-16(3,5-2)17-12-15(18)14-9-7-6-8-10-14/h4,6-10,15,17H,1,5,11-13H2,2-3H3. The molecule has 0 aromatic heterocycles. The Kier molecular flexibility index (Phi) is 4.20. The molecule has 1 aliphatic heterocycles. The molecule has 1 heterocycles. The average Bonchev–Trinajstić information content (AvgIpc) is 2.40. The van der Waals surface area contributed by atoms with Crippen molar-refractivity contribution in [1.29, 1.82) is 0 Å². The zero-order valence-electron chi connectivity index (χ0n) is 11.5. The summed E-state index contributed by atoms with van der Waals surface area (Å²) in [6, 6.07) is 11.2. The fourth-order valence-electron chi connectivity index (χ4n) is 2.68. The minimum atomic E-state index is 0.230. The van der Waals surface area contributed by atoms with Gasteiger partial charge in [0.15, 0.2) is 0 Å². The van der Waals surface area contributed by atoms with E-state index in [1.807, 2.05) is 6.08 Å². The summed E-state index contributed by atoms with van der Waals surface area (Å²) in [5.74, 6) is 0. The lowest BCUT2D eigenvalue weighted by molar-refractivity contribution is 0.0956. The SMILES string of the molecule is C=CCN1CC(C)(CC)NCC1c1ccccc1. The Morgan fingerprint density at radius 3 is 2.78 bits per heavy atom. The molecule has 1 N–H and O–H groups in total. The number of nitrogens with one attached hydrogen (secondary N) is 1. The van der Waals surface area contributed by atoms with Crippen LogP contribution in [-0.4, -0.2) is 30.1 Å². The smallest absolute Gasteiger partial charge is 0.0476 e. The van der Waals surface area contributed by atoms with E-state index in [9.17, 15) is 0 Å². The summed E-state index contributed by atoms with van der Waals surface area (Å²) in [5.41, 5.74) is 1.62. The van der Waals surface area contributed by atoms with Crippen molar-refractivity contribution in [1.82, 2.24) is 10.2 Å². The zero-order valence-corrected chi connectivity index (χ0v) is 11.5. The van der Waals surface area contributed by atoms with E-state index in [0.717, 1.165) is 26.1 Å². The molecule has 1 aromatic carbocycles. The van der Waals surface area contributed by atoms with E-state index < -0.39 is 0 Å². The largest absolute Gasteiger partial charge is 0.308 e. The molecule has 0 spiro atoms. The Hall–Kier alpha value is -1.12. The maximum Gasteiger partial charge on any atom is 0.0476 e. The van der Waals surface area contributed by atoms with Crippen LogP contribution in [-0.2, 0) is 0 Å². The number of hydrogen-bond acceptors (Lipinski definition) is 2. The first-order chi connectivity index (χ1) is 8.68. The van der Waals surface area contributed by atoms with Crippen LogP contribution >= 0.6 is 0 Å². The monoisotopic (exact) mass is 244 g/mol. The number of hydrogen-bond donors (Lipinski definition) is 1. The van der Waals surface area contributed by atoms with E-state index in [0.29, 0.717) is 6.04 Å². The fourth-order valence-corrected chi connectivity index (χ4v) is 2.68. The van der Waals surface area contributed by atoms with Crippen LogP contribution in [0.1, 0.15) is 31.9 Å². The topological polar surface area (TPSA) is 15.3 Å². The third-order valence-electron chi connectivity index (χ3n) is 4.04. The molecule has 1 fully saturated rings. The fraction of sp³-hybridized carbons (Fsp3) is 0.500. The van der Waals surface area contributed by atoms with Crippen LogP contribution in [0.5, 0.6) is 0 Å². The van der Waals surface area contributed by atoms with Gasteiger partial charge in [0, 0.05) is 31.2 Å². The zero-order chi connectivity index (χ0) is 13.0. The van der Waals surface area contributed by atoms with Crippen LogP contribution < -0.4 is 5.32 Å². The first kappa shape index (κ1) is 13.3. The van der Waals surface area contributed by atoms with Crippen molar-refractivity contribution < 1.29 is 0 Å². The van der Waals surface area contributed by atoms with E-state index in [-0.39, 0.29) is 5.54 Å². The van der Waals surface area contributed by atoms with Crippen molar-refractivity contribution in [2.24, 2.45) is 0 Å². The molecule has 2 rings (SSSR count). The Balaban J connectivity index is 2.18. The molecule has 1 saturated heterocycles. The van der Waals surface area contributed by atoms with Gasteiger partial charge in [-0.05, 0) is 18.9 Å². The van der Waals surface area contributed by atoms with Crippen molar-refractivity contribution in [2.75, 3.05) is 19.6 Å². The van der Waals surface area contributed by atoms with Gasteiger partial charge in [-0.25, -0.2) is 0 Å². The predicted molar refractivity (Wildman–Crippen MR) is 77.7 cm³/mol. The highest BCUT2D eigenvalue weighted by Gasteiger charge is 2.34. The molecule has 0 saturated carbocycles. The van der Waals surface area contributed by atoms with Crippen LogP contribution in [0, 0.1) is 0 Å². The Bertz CT molecular complexity index is 387. The second-order valence-corrected chi connectivity index (χ2v) is 5.44. The average molecular weight is 244 g/mol. The lowest BCUT2D eigenvalue weighted by atomic mass is 9.91. The molecule has 1 aliphatic rings. The third kappa shape index (κ3) is 2.82. The molecule has 0 aliphatic carbocycles. The molecule has 98 valence electrons. The van der Waals surface area contributed by atoms with Gasteiger partial charge in [-0.3, -0.25) is 4.90 Å². The summed E-state index contributed by atoms with van der Waals surface area (Å²) in [7, 11) is 0. The van der Waals surface area contributed by atoms with Crippen LogP contribution in [0.3, 0.4) is 0 Å². The lowest BCUT2D eigenvalue weighted by Crippen LogP contribution is -2.59. The minimum Gasteiger partial charge on any atom is -0.308 e. The summed E-state index contributed by atoms with van der Waals surface area (Å²) >= 11 is 0.